The molecule has 1 atom stereocenters. The van der Waals surface area contributed by atoms with Crippen LogP contribution in [0.3, 0.4) is 0 Å². The molecule has 1 heterocycles. The number of carbonyl (C=O) groups is 2. The molecular formula is C22H26N2O3. The molecular weight excluding hydrogens is 340 g/mol. The Labute approximate surface area is 160 Å². The van der Waals surface area contributed by atoms with Gasteiger partial charge in [0.2, 0.25) is 5.91 Å². The third-order valence-corrected chi connectivity index (χ3v) is 4.91. The molecule has 1 saturated heterocycles. The fourth-order valence-corrected chi connectivity index (χ4v) is 3.58. The van der Waals surface area contributed by atoms with E-state index in [-0.39, 0.29) is 17.7 Å². The van der Waals surface area contributed by atoms with Crippen LogP contribution in [0, 0.1) is 19.8 Å². The van der Waals surface area contributed by atoms with Gasteiger partial charge in [0.15, 0.2) is 0 Å². The van der Waals surface area contributed by atoms with E-state index in [2.05, 4.69) is 11.4 Å². The molecule has 0 bridgehead atoms. The number of aryl methyl sites for hydroxylation is 2. The Morgan fingerprint density at radius 2 is 1.74 bits per heavy atom. The quantitative estimate of drug-likeness (QED) is 0.895. The summed E-state index contributed by atoms with van der Waals surface area (Å²) in [6.07, 6.45) is 1.62. The van der Waals surface area contributed by atoms with E-state index in [0.717, 1.165) is 35.4 Å². The number of rotatable bonds is 4. The van der Waals surface area contributed by atoms with Gasteiger partial charge < -0.3 is 15.0 Å². The van der Waals surface area contributed by atoms with Crippen molar-refractivity contribution in [3.63, 3.8) is 0 Å². The van der Waals surface area contributed by atoms with E-state index in [1.807, 2.05) is 50.2 Å². The van der Waals surface area contributed by atoms with Crippen molar-refractivity contribution in [2.24, 2.45) is 5.92 Å². The number of methoxy groups -OCH3 is 1. The Balaban J connectivity index is 1.65. The van der Waals surface area contributed by atoms with Gasteiger partial charge in [0.25, 0.3) is 5.91 Å². The maximum atomic E-state index is 12.9. The number of hydrogen-bond donors (Lipinski definition) is 1. The van der Waals surface area contributed by atoms with Crippen LogP contribution >= 0.6 is 0 Å². The zero-order valence-electron chi connectivity index (χ0n) is 16.1. The normalized spacial score (nSPS) is 16.7. The molecule has 5 heteroatoms. The molecule has 2 aromatic carbocycles. The number of piperidine rings is 1. The molecule has 1 N–H and O–H groups in total. The highest BCUT2D eigenvalue weighted by Gasteiger charge is 2.29. The molecule has 0 unspecified atom stereocenters. The zero-order chi connectivity index (χ0) is 19.4. The average Bonchev–Trinajstić information content (AvgIpc) is 2.67. The summed E-state index contributed by atoms with van der Waals surface area (Å²) >= 11 is 0. The number of likely N-dealkylation sites (tertiary alicyclic amines) is 1. The van der Waals surface area contributed by atoms with Crippen molar-refractivity contribution in [2.45, 2.75) is 26.7 Å². The average molecular weight is 366 g/mol. The summed E-state index contributed by atoms with van der Waals surface area (Å²) in [5.41, 5.74) is 3.58. The van der Waals surface area contributed by atoms with Gasteiger partial charge in [0.05, 0.1) is 13.0 Å². The van der Waals surface area contributed by atoms with Crippen LogP contribution < -0.4 is 10.1 Å². The Bertz CT molecular complexity index is 810. The first-order valence-electron chi connectivity index (χ1n) is 9.29. The van der Waals surface area contributed by atoms with E-state index in [1.165, 1.54) is 0 Å². The number of nitrogens with zero attached hydrogens (tertiary/aromatic N) is 1. The highest BCUT2D eigenvalue weighted by Crippen LogP contribution is 2.22. The van der Waals surface area contributed by atoms with E-state index in [4.69, 9.17) is 4.74 Å². The van der Waals surface area contributed by atoms with Crippen LogP contribution in [0.4, 0.5) is 5.69 Å². The summed E-state index contributed by atoms with van der Waals surface area (Å²) in [6.45, 7) is 5.13. The smallest absolute Gasteiger partial charge is 0.253 e. The fourth-order valence-electron chi connectivity index (χ4n) is 3.58. The molecule has 3 rings (SSSR count). The first kappa shape index (κ1) is 19.0. The lowest BCUT2D eigenvalue weighted by Crippen LogP contribution is -2.43. The molecule has 0 aromatic heterocycles. The lowest BCUT2D eigenvalue weighted by atomic mass is 9.96. The molecule has 2 aromatic rings. The van der Waals surface area contributed by atoms with Gasteiger partial charge in [-0.15, -0.1) is 0 Å². The second kappa shape index (κ2) is 8.25. The largest absolute Gasteiger partial charge is 0.497 e. The van der Waals surface area contributed by atoms with Gasteiger partial charge in [0, 0.05) is 24.3 Å². The molecule has 27 heavy (non-hydrogen) atoms. The number of ether oxygens (including phenoxy) is 1. The van der Waals surface area contributed by atoms with Crippen molar-refractivity contribution in [1.29, 1.82) is 0 Å². The van der Waals surface area contributed by atoms with Crippen LogP contribution in [0.2, 0.25) is 0 Å². The minimum atomic E-state index is -0.198. The third kappa shape index (κ3) is 4.67. The van der Waals surface area contributed by atoms with Gasteiger partial charge in [-0.25, -0.2) is 0 Å². The van der Waals surface area contributed by atoms with E-state index >= 15 is 0 Å². The van der Waals surface area contributed by atoms with E-state index < -0.39 is 0 Å². The van der Waals surface area contributed by atoms with E-state index in [0.29, 0.717) is 18.7 Å². The minimum Gasteiger partial charge on any atom is -0.497 e. The predicted octanol–water partition coefficient (Wildman–Crippen LogP) is 3.80. The van der Waals surface area contributed by atoms with E-state index in [9.17, 15) is 9.59 Å². The molecule has 142 valence electrons. The van der Waals surface area contributed by atoms with Gasteiger partial charge in [-0.2, -0.15) is 0 Å². The highest BCUT2D eigenvalue weighted by atomic mass is 16.5. The number of nitrogens with one attached hydrogen (secondary N) is 1. The molecule has 0 aliphatic carbocycles. The molecule has 1 aliphatic rings. The molecule has 1 aliphatic heterocycles. The number of carbonyl (C=O) groups excluding carboxylic acids is 2. The van der Waals surface area contributed by atoms with Crippen molar-refractivity contribution in [1.82, 2.24) is 4.90 Å². The van der Waals surface area contributed by atoms with Crippen LogP contribution in [0.15, 0.2) is 42.5 Å². The Morgan fingerprint density at radius 3 is 2.37 bits per heavy atom. The summed E-state index contributed by atoms with van der Waals surface area (Å²) in [5.74, 6) is 0.508. The summed E-state index contributed by atoms with van der Waals surface area (Å²) in [5, 5.41) is 2.95. The van der Waals surface area contributed by atoms with Crippen molar-refractivity contribution in [2.75, 3.05) is 25.5 Å². The minimum absolute atomic E-state index is 0.00347. The SMILES string of the molecule is COc1ccc(NC(=O)[C@H]2CCCN(C(=O)c3cc(C)cc(C)c3)C2)cc1. The maximum absolute atomic E-state index is 12.9. The Hall–Kier alpha value is -2.82. The van der Waals surface area contributed by atoms with Crippen molar-refractivity contribution in [3.8, 4) is 5.75 Å². The van der Waals surface area contributed by atoms with E-state index in [1.54, 1.807) is 12.0 Å². The predicted molar refractivity (Wildman–Crippen MR) is 106 cm³/mol. The second-order valence-corrected chi connectivity index (χ2v) is 7.18. The van der Waals surface area contributed by atoms with Gasteiger partial charge >= 0.3 is 0 Å². The monoisotopic (exact) mass is 366 g/mol. The van der Waals surface area contributed by atoms with Crippen molar-refractivity contribution >= 4 is 17.5 Å². The van der Waals surface area contributed by atoms with Crippen molar-refractivity contribution in [3.05, 3.63) is 59.2 Å². The van der Waals surface area contributed by atoms with Crippen molar-refractivity contribution < 1.29 is 14.3 Å². The van der Waals surface area contributed by atoms with Crippen LogP contribution in [0.25, 0.3) is 0 Å². The fraction of sp³-hybridized carbons (Fsp3) is 0.364. The highest BCUT2D eigenvalue weighted by molar-refractivity contribution is 5.96. The van der Waals surface area contributed by atoms with Crippen LogP contribution in [-0.4, -0.2) is 36.9 Å². The van der Waals surface area contributed by atoms with Gasteiger partial charge in [-0.1, -0.05) is 17.2 Å². The molecule has 2 amide bonds. The van der Waals surface area contributed by atoms with Gasteiger partial charge in [0.1, 0.15) is 5.75 Å². The van der Waals surface area contributed by atoms with Crippen LogP contribution in [0.5, 0.6) is 5.75 Å². The Kier molecular flexibility index (Phi) is 5.79. The number of anilines is 1. The van der Waals surface area contributed by atoms with Gasteiger partial charge in [-0.05, 0) is 63.1 Å². The zero-order valence-corrected chi connectivity index (χ0v) is 16.1. The molecule has 0 radical (unpaired) electrons. The maximum Gasteiger partial charge on any atom is 0.253 e. The molecule has 0 spiro atoms. The number of hydrogen-bond acceptors (Lipinski definition) is 3. The van der Waals surface area contributed by atoms with Crippen LogP contribution in [0.1, 0.15) is 34.3 Å². The first-order valence-corrected chi connectivity index (χ1v) is 9.29. The Morgan fingerprint density at radius 1 is 1.07 bits per heavy atom. The van der Waals surface area contributed by atoms with Gasteiger partial charge in [-0.3, -0.25) is 9.59 Å². The molecule has 5 nitrogen and oxygen atoms in total. The standard InChI is InChI=1S/C22H26N2O3/c1-15-11-16(2)13-18(12-15)22(26)24-10-4-5-17(14-24)21(25)23-19-6-8-20(27-3)9-7-19/h6-9,11-13,17H,4-5,10,14H2,1-3H3,(H,23,25)/t17-/m0/s1. The summed E-state index contributed by atoms with van der Waals surface area (Å²) < 4.78 is 5.13. The summed E-state index contributed by atoms with van der Waals surface area (Å²) in [4.78, 5) is 27.3. The third-order valence-electron chi connectivity index (χ3n) is 4.91. The summed E-state index contributed by atoms with van der Waals surface area (Å²) in [6, 6.07) is 13.1. The second-order valence-electron chi connectivity index (χ2n) is 7.18. The lowest BCUT2D eigenvalue weighted by molar-refractivity contribution is -0.121. The first-order chi connectivity index (χ1) is 13.0. The number of benzene rings is 2. The topological polar surface area (TPSA) is 58.6 Å². The van der Waals surface area contributed by atoms with Crippen LogP contribution in [-0.2, 0) is 4.79 Å². The summed E-state index contributed by atoms with van der Waals surface area (Å²) in [7, 11) is 1.61. The number of amides is 2. The molecule has 1 fully saturated rings. The lowest BCUT2D eigenvalue weighted by Gasteiger charge is -2.32. The molecule has 0 saturated carbocycles.